The van der Waals surface area contributed by atoms with Crippen LogP contribution in [0.5, 0.6) is 0 Å². The molecule has 2 aromatic rings. The molecule has 0 spiro atoms. The molecule has 0 saturated carbocycles. The molecular formula is C17H19ClN2O2. The van der Waals surface area contributed by atoms with Crippen LogP contribution in [-0.4, -0.2) is 12.1 Å². The molecule has 22 heavy (non-hydrogen) atoms. The third kappa shape index (κ3) is 3.92. The lowest BCUT2D eigenvalue weighted by atomic mass is 10.1. The van der Waals surface area contributed by atoms with E-state index in [1.165, 1.54) is 0 Å². The number of aryl methyl sites for hydroxylation is 1. The lowest BCUT2D eigenvalue weighted by molar-refractivity contribution is 0.0379. The summed E-state index contributed by atoms with van der Waals surface area (Å²) < 4.78 is 5.25. The van der Waals surface area contributed by atoms with E-state index in [1.54, 1.807) is 32.0 Å². The van der Waals surface area contributed by atoms with Crippen LogP contribution < -0.4 is 11.1 Å². The van der Waals surface area contributed by atoms with E-state index in [0.29, 0.717) is 22.0 Å². The molecule has 0 heterocycles. The molecule has 0 saturated heterocycles. The second-order valence-corrected chi connectivity index (χ2v) is 5.76. The second-order valence-electron chi connectivity index (χ2n) is 5.35. The van der Waals surface area contributed by atoms with Gasteiger partial charge in [0.15, 0.2) is 0 Å². The number of rotatable bonds is 4. The molecule has 0 radical (unpaired) electrons. The van der Waals surface area contributed by atoms with Crippen LogP contribution >= 0.6 is 11.6 Å². The maximum Gasteiger partial charge on any atom is 0.340 e. The first-order valence-electron chi connectivity index (χ1n) is 7.00. The minimum absolute atomic E-state index is 0.199. The van der Waals surface area contributed by atoms with Crippen molar-refractivity contribution in [3.63, 3.8) is 0 Å². The Kier molecular flexibility index (Phi) is 4.93. The van der Waals surface area contributed by atoms with Crippen LogP contribution in [0.1, 0.15) is 29.8 Å². The zero-order chi connectivity index (χ0) is 16.3. The van der Waals surface area contributed by atoms with Crippen LogP contribution in [0.4, 0.5) is 17.1 Å². The van der Waals surface area contributed by atoms with E-state index < -0.39 is 5.97 Å². The summed E-state index contributed by atoms with van der Waals surface area (Å²) >= 11 is 6.12. The van der Waals surface area contributed by atoms with Gasteiger partial charge in [-0.2, -0.15) is 0 Å². The van der Waals surface area contributed by atoms with Crippen molar-refractivity contribution in [3.8, 4) is 0 Å². The Bertz CT molecular complexity index is 699. The molecule has 0 aliphatic heterocycles. The van der Waals surface area contributed by atoms with Gasteiger partial charge in [-0.05, 0) is 56.7 Å². The molecule has 0 aliphatic rings. The topological polar surface area (TPSA) is 64.3 Å². The first-order chi connectivity index (χ1) is 10.4. The molecule has 2 rings (SSSR count). The Morgan fingerprint density at radius 2 is 1.95 bits per heavy atom. The minimum atomic E-state index is -0.414. The van der Waals surface area contributed by atoms with Gasteiger partial charge in [-0.1, -0.05) is 17.7 Å². The normalized spacial score (nSPS) is 10.6. The molecule has 2 aromatic carbocycles. The molecule has 0 bridgehead atoms. The highest BCUT2D eigenvalue weighted by molar-refractivity contribution is 6.31. The smallest absolute Gasteiger partial charge is 0.340 e. The number of hydrogen-bond donors (Lipinski definition) is 2. The van der Waals surface area contributed by atoms with E-state index in [9.17, 15) is 4.79 Å². The number of carbonyl (C=O) groups excluding carboxylic acids is 1. The number of halogens is 1. The molecule has 0 unspecified atom stereocenters. The van der Waals surface area contributed by atoms with Gasteiger partial charge >= 0.3 is 5.97 Å². The van der Waals surface area contributed by atoms with Crippen LogP contribution in [0.15, 0.2) is 36.4 Å². The van der Waals surface area contributed by atoms with Crippen molar-refractivity contribution in [1.29, 1.82) is 0 Å². The fourth-order valence-corrected chi connectivity index (χ4v) is 2.12. The second kappa shape index (κ2) is 6.71. The Morgan fingerprint density at radius 3 is 2.59 bits per heavy atom. The SMILES string of the molecule is Cc1ccc(Nc2ccc(N)cc2C(=O)OC(C)C)cc1Cl. The summed E-state index contributed by atoms with van der Waals surface area (Å²) in [5, 5.41) is 3.84. The van der Waals surface area contributed by atoms with Gasteiger partial charge in [-0.3, -0.25) is 0 Å². The van der Waals surface area contributed by atoms with Gasteiger partial charge in [0, 0.05) is 16.4 Å². The molecule has 0 aromatic heterocycles. The number of nitrogens with two attached hydrogens (primary N) is 1. The average Bonchev–Trinajstić information content (AvgIpc) is 2.44. The number of hydrogen-bond acceptors (Lipinski definition) is 4. The molecule has 4 nitrogen and oxygen atoms in total. The van der Waals surface area contributed by atoms with Crippen molar-refractivity contribution in [2.75, 3.05) is 11.1 Å². The predicted octanol–water partition coefficient (Wildman–Crippen LogP) is 4.54. The summed E-state index contributed by atoms with van der Waals surface area (Å²) in [5.74, 6) is -0.414. The van der Waals surface area contributed by atoms with Gasteiger partial charge in [0.05, 0.1) is 17.4 Å². The highest BCUT2D eigenvalue weighted by Crippen LogP contribution is 2.27. The lowest BCUT2D eigenvalue weighted by Crippen LogP contribution is -2.13. The number of nitrogens with one attached hydrogen (secondary N) is 1. The number of benzene rings is 2. The van der Waals surface area contributed by atoms with Gasteiger partial charge in [-0.25, -0.2) is 4.79 Å². The first-order valence-corrected chi connectivity index (χ1v) is 7.38. The van der Waals surface area contributed by atoms with Gasteiger partial charge in [0.25, 0.3) is 0 Å². The molecule has 0 aliphatic carbocycles. The van der Waals surface area contributed by atoms with Crippen LogP contribution in [0.3, 0.4) is 0 Å². The Hall–Kier alpha value is -2.20. The van der Waals surface area contributed by atoms with Gasteiger partial charge in [0.2, 0.25) is 0 Å². The number of carbonyl (C=O) groups is 1. The summed E-state index contributed by atoms with van der Waals surface area (Å²) in [7, 11) is 0. The molecule has 0 fully saturated rings. The fraction of sp³-hybridized carbons (Fsp3) is 0.235. The van der Waals surface area contributed by atoms with Gasteiger partial charge in [0.1, 0.15) is 0 Å². The quantitative estimate of drug-likeness (QED) is 0.641. The molecule has 0 amide bonds. The van der Waals surface area contributed by atoms with Crippen LogP contribution in [0.25, 0.3) is 0 Å². The molecule has 0 atom stereocenters. The van der Waals surface area contributed by atoms with Crippen LogP contribution in [-0.2, 0) is 4.74 Å². The lowest BCUT2D eigenvalue weighted by Gasteiger charge is -2.14. The number of ether oxygens (including phenoxy) is 1. The highest BCUT2D eigenvalue weighted by Gasteiger charge is 2.15. The summed E-state index contributed by atoms with van der Waals surface area (Å²) in [6.07, 6.45) is -0.199. The molecule has 3 N–H and O–H groups in total. The zero-order valence-corrected chi connectivity index (χ0v) is 13.6. The number of anilines is 3. The van der Waals surface area contributed by atoms with E-state index in [1.807, 2.05) is 25.1 Å². The highest BCUT2D eigenvalue weighted by atomic mass is 35.5. The van der Waals surface area contributed by atoms with Crippen LogP contribution in [0, 0.1) is 6.92 Å². The van der Waals surface area contributed by atoms with Gasteiger partial charge < -0.3 is 15.8 Å². The standard InChI is InChI=1S/C17H19ClN2O2/c1-10(2)22-17(21)14-8-12(19)5-7-16(14)20-13-6-4-11(3)15(18)9-13/h4-10,20H,19H2,1-3H3. The van der Waals surface area contributed by atoms with Crippen LogP contribution in [0.2, 0.25) is 5.02 Å². The Balaban J connectivity index is 2.34. The van der Waals surface area contributed by atoms with Crippen molar-refractivity contribution in [3.05, 3.63) is 52.5 Å². The van der Waals surface area contributed by atoms with Crippen molar-refractivity contribution >= 4 is 34.6 Å². The van der Waals surface area contributed by atoms with Crippen molar-refractivity contribution in [1.82, 2.24) is 0 Å². The summed E-state index contributed by atoms with van der Waals surface area (Å²) in [6, 6.07) is 10.7. The Labute approximate surface area is 135 Å². The summed E-state index contributed by atoms with van der Waals surface area (Å²) in [5.41, 5.74) is 9.08. The van der Waals surface area contributed by atoms with Crippen molar-refractivity contribution in [2.45, 2.75) is 26.9 Å². The Morgan fingerprint density at radius 1 is 1.23 bits per heavy atom. The summed E-state index contributed by atoms with van der Waals surface area (Å²) in [6.45, 7) is 5.54. The van der Waals surface area contributed by atoms with E-state index in [2.05, 4.69) is 5.32 Å². The van der Waals surface area contributed by atoms with Crippen molar-refractivity contribution in [2.24, 2.45) is 0 Å². The maximum atomic E-state index is 12.2. The zero-order valence-electron chi connectivity index (χ0n) is 12.8. The van der Waals surface area contributed by atoms with Gasteiger partial charge in [-0.15, -0.1) is 0 Å². The number of esters is 1. The largest absolute Gasteiger partial charge is 0.459 e. The molecule has 5 heteroatoms. The number of nitrogen functional groups attached to an aromatic ring is 1. The third-order valence-electron chi connectivity index (χ3n) is 3.06. The summed E-state index contributed by atoms with van der Waals surface area (Å²) in [4.78, 5) is 12.2. The fourth-order valence-electron chi connectivity index (χ4n) is 1.94. The third-order valence-corrected chi connectivity index (χ3v) is 3.46. The predicted molar refractivity (Wildman–Crippen MR) is 90.9 cm³/mol. The minimum Gasteiger partial charge on any atom is -0.459 e. The van der Waals surface area contributed by atoms with E-state index in [-0.39, 0.29) is 6.10 Å². The molecular weight excluding hydrogens is 300 g/mol. The van der Waals surface area contributed by atoms with E-state index in [0.717, 1.165) is 11.3 Å². The van der Waals surface area contributed by atoms with E-state index in [4.69, 9.17) is 22.1 Å². The first kappa shape index (κ1) is 16.2. The van der Waals surface area contributed by atoms with E-state index >= 15 is 0 Å². The molecule has 116 valence electrons. The van der Waals surface area contributed by atoms with Crippen molar-refractivity contribution < 1.29 is 9.53 Å². The monoisotopic (exact) mass is 318 g/mol. The maximum absolute atomic E-state index is 12.2. The average molecular weight is 319 g/mol.